The number of piperazine rings is 1. The molecule has 0 radical (unpaired) electrons. The number of nitrogens with zero attached hydrogens (tertiary/aromatic N) is 4. The third-order valence-corrected chi connectivity index (χ3v) is 3.70. The number of amides is 2. The molecule has 112 valence electrons. The summed E-state index contributed by atoms with van der Waals surface area (Å²) in [5.74, 6) is 1.71. The van der Waals surface area contributed by atoms with Crippen LogP contribution in [0.1, 0.15) is 12.7 Å². The van der Waals surface area contributed by atoms with Crippen molar-refractivity contribution in [1.82, 2.24) is 25.2 Å². The molecule has 0 saturated carbocycles. The van der Waals surface area contributed by atoms with Crippen LogP contribution in [0.25, 0.3) is 11.0 Å². The number of nitrogens with one attached hydrogen (secondary N) is 2. The van der Waals surface area contributed by atoms with Gasteiger partial charge in [0.25, 0.3) is 0 Å². The number of carbonyl (C=O) groups excluding carboxylic acids is 1. The van der Waals surface area contributed by atoms with Crippen LogP contribution in [0.5, 0.6) is 0 Å². The highest BCUT2D eigenvalue weighted by molar-refractivity contribution is 5.87. The molecule has 0 bridgehead atoms. The second-order valence-corrected chi connectivity index (χ2v) is 5.14. The number of aryl methyl sites for hydroxylation is 1. The zero-order valence-corrected chi connectivity index (χ0v) is 12.4. The molecule has 2 amide bonds. The minimum absolute atomic E-state index is 0.0165. The maximum Gasteiger partial charge on any atom is 0.317 e. The summed E-state index contributed by atoms with van der Waals surface area (Å²) < 4.78 is 0. The molecule has 1 aliphatic heterocycles. The Balaban J connectivity index is 1.77. The van der Waals surface area contributed by atoms with Gasteiger partial charge in [0, 0.05) is 38.9 Å². The summed E-state index contributed by atoms with van der Waals surface area (Å²) in [5.41, 5.74) is 0.864. The Morgan fingerprint density at radius 3 is 2.81 bits per heavy atom. The van der Waals surface area contributed by atoms with Crippen LogP contribution in [0.4, 0.5) is 10.6 Å². The molecule has 0 spiro atoms. The molecule has 21 heavy (non-hydrogen) atoms. The maximum atomic E-state index is 11.8. The van der Waals surface area contributed by atoms with Crippen LogP contribution in [0.15, 0.2) is 12.3 Å². The first-order valence-electron chi connectivity index (χ1n) is 7.28. The first kappa shape index (κ1) is 13.7. The number of rotatable bonds is 2. The highest BCUT2D eigenvalue weighted by atomic mass is 16.2. The van der Waals surface area contributed by atoms with Crippen LogP contribution in [-0.4, -0.2) is 58.6 Å². The van der Waals surface area contributed by atoms with Crippen LogP contribution in [0, 0.1) is 6.92 Å². The summed E-state index contributed by atoms with van der Waals surface area (Å²) in [4.78, 5) is 28.0. The Hall–Kier alpha value is -2.31. The highest BCUT2D eigenvalue weighted by Gasteiger charge is 2.23. The lowest BCUT2D eigenvalue weighted by atomic mass is 10.2. The molecule has 3 rings (SSSR count). The molecular weight excluding hydrogens is 268 g/mol. The molecule has 3 heterocycles. The number of aromatic nitrogens is 3. The van der Waals surface area contributed by atoms with E-state index in [1.807, 2.05) is 31.0 Å². The average molecular weight is 288 g/mol. The van der Waals surface area contributed by atoms with Crippen molar-refractivity contribution in [3.05, 3.63) is 18.1 Å². The van der Waals surface area contributed by atoms with Crippen LogP contribution < -0.4 is 10.2 Å². The number of hydrogen-bond acceptors (Lipinski definition) is 4. The summed E-state index contributed by atoms with van der Waals surface area (Å²) in [6.45, 7) is 7.48. The third-order valence-electron chi connectivity index (χ3n) is 3.70. The molecule has 2 aromatic rings. The van der Waals surface area contributed by atoms with Crippen molar-refractivity contribution < 1.29 is 4.79 Å². The molecule has 0 atom stereocenters. The lowest BCUT2D eigenvalue weighted by Gasteiger charge is -2.35. The molecule has 0 unspecified atom stereocenters. The van der Waals surface area contributed by atoms with Crippen molar-refractivity contribution in [2.24, 2.45) is 0 Å². The largest absolute Gasteiger partial charge is 0.352 e. The number of anilines is 1. The number of fused-ring (bicyclic) bond motifs is 1. The fourth-order valence-electron chi connectivity index (χ4n) is 2.66. The van der Waals surface area contributed by atoms with Crippen LogP contribution in [0.2, 0.25) is 0 Å². The van der Waals surface area contributed by atoms with E-state index in [0.717, 1.165) is 35.8 Å². The van der Waals surface area contributed by atoms with Crippen molar-refractivity contribution in [3.8, 4) is 0 Å². The normalized spacial score (nSPS) is 15.5. The number of H-pyrrole nitrogens is 1. The molecule has 7 nitrogen and oxygen atoms in total. The van der Waals surface area contributed by atoms with Gasteiger partial charge in [-0.3, -0.25) is 0 Å². The Morgan fingerprint density at radius 1 is 1.33 bits per heavy atom. The van der Waals surface area contributed by atoms with Gasteiger partial charge in [-0.25, -0.2) is 14.8 Å². The van der Waals surface area contributed by atoms with Crippen molar-refractivity contribution in [2.75, 3.05) is 37.6 Å². The minimum atomic E-state index is 0.0165. The lowest BCUT2D eigenvalue weighted by Crippen LogP contribution is -2.52. The summed E-state index contributed by atoms with van der Waals surface area (Å²) in [6.07, 6.45) is 1.88. The van der Waals surface area contributed by atoms with Gasteiger partial charge in [-0.05, 0) is 19.9 Å². The minimum Gasteiger partial charge on any atom is -0.352 e. The van der Waals surface area contributed by atoms with Crippen molar-refractivity contribution in [3.63, 3.8) is 0 Å². The number of hydrogen-bond donors (Lipinski definition) is 2. The van der Waals surface area contributed by atoms with Gasteiger partial charge < -0.3 is 20.1 Å². The van der Waals surface area contributed by atoms with Crippen LogP contribution in [0.3, 0.4) is 0 Å². The summed E-state index contributed by atoms with van der Waals surface area (Å²) >= 11 is 0. The Kier molecular flexibility index (Phi) is 3.64. The van der Waals surface area contributed by atoms with E-state index in [-0.39, 0.29) is 6.03 Å². The van der Waals surface area contributed by atoms with E-state index in [1.54, 1.807) is 0 Å². The topological polar surface area (TPSA) is 77.2 Å². The Bertz CT molecular complexity index is 644. The highest BCUT2D eigenvalue weighted by Crippen LogP contribution is 2.24. The molecular formula is C14H20N6O. The smallest absolute Gasteiger partial charge is 0.317 e. The molecule has 1 saturated heterocycles. The maximum absolute atomic E-state index is 11.8. The first-order chi connectivity index (χ1) is 10.2. The number of urea groups is 1. The quantitative estimate of drug-likeness (QED) is 0.868. The van der Waals surface area contributed by atoms with Gasteiger partial charge >= 0.3 is 6.03 Å². The van der Waals surface area contributed by atoms with Gasteiger partial charge in [-0.1, -0.05) is 0 Å². The predicted molar refractivity (Wildman–Crippen MR) is 81.5 cm³/mol. The number of aromatic amines is 1. The van der Waals surface area contributed by atoms with Gasteiger partial charge in [0.15, 0.2) is 0 Å². The summed E-state index contributed by atoms with van der Waals surface area (Å²) in [5, 5.41) is 3.88. The molecule has 1 fully saturated rings. The molecule has 0 aliphatic carbocycles. The van der Waals surface area contributed by atoms with E-state index in [0.29, 0.717) is 19.6 Å². The van der Waals surface area contributed by atoms with Gasteiger partial charge in [0.1, 0.15) is 17.3 Å². The van der Waals surface area contributed by atoms with E-state index < -0.39 is 0 Å². The summed E-state index contributed by atoms with van der Waals surface area (Å²) in [6, 6.07) is 2.02. The average Bonchev–Trinajstić information content (AvgIpc) is 2.95. The van der Waals surface area contributed by atoms with Crippen molar-refractivity contribution in [1.29, 1.82) is 0 Å². The second-order valence-electron chi connectivity index (χ2n) is 5.14. The molecule has 2 N–H and O–H groups in total. The fraction of sp³-hybridized carbons (Fsp3) is 0.500. The Morgan fingerprint density at radius 2 is 2.10 bits per heavy atom. The molecule has 1 aliphatic rings. The van der Waals surface area contributed by atoms with E-state index in [2.05, 4.69) is 25.2 Å². The second kappa shape index (κ2) is 5.59. The standard InChI is InChI=1S/C14H20N6O/c1-3-15-14(21)20-8-6-19(7-9-20)13-11-4-5-16-12(11)17-10(2)18-13/h4-5H,3,6-9H2,1-2H3,(H,15,21)(H,16,17,18). The summed E-state index contributed by atoms with van der Waals surface area (Å²) in [7, 11) is 0. The van der Waals surface area contributed by atoms with E-state index in [9.17, 15) is 4.79 Å². The van der Waals surface area contributed by atoms with Crippen molar-refractivity contribution >= 4 is 22.9 Å². The zero-order chi connectivity index (χ0) is 14.8. The zero-order valence-electron chi connectivity index (χ0n) is 12.4. The van der Waals surface area contributed by atoms with Gasteiger partial charge in [0.05, 0.1) is 5.39 Å². The van der Waals surface area contributed by atoms with E-state index in [4.69, 9.17) is 0 Å². The Labute approximate surface area is 123 Å². The molecule has 0 aromatic carbocycles. The monoisotopic (exact) mass is 288 g/mol. The third kappa shape index (κ3) is 2.63. The van der Waals surface area contributed by atoms with E-state index >= 15 is 0 Å². The lowest BCUT2D eigenvalue weighted by molar-refractivity contribution is 0.195. The van der Waals surface area contributed by atoms with Crippen LogP contribution in [-0.2, 0) is 0 Å². The van der Waals surface area contributed by atoms with Crippen LogP contribution >= 0.6 is 0 Å². The first-order valence-corrected chi connectivity index (χ1v) is 7.28. The van der Waals surface area contributed by atoms with Gasteiger partial charge in [0.2, 0.25) is 0 Å². The fourth-order valence-corrected chi connectivity index (χ4v) is 2.66. The van der Waals surface area contributed by atoms with Crippen molar-refractivity contribution in [2.45, 2.75) is 13.8 Å². The van der Waals surface area contributed by atoms with E-state index in [1.165, 1.54) is 0 Å². The molecule has 7 heteroatoms. The van der Waals surface area contributed by atoms with Gasteiger partial charge in [-0.2, -0.15) is 0 Å². The SMILES string of the molecule is CCNC(=O)N1CCN(c2nc(C)nc3[nH]ccc23)CC1. The molecule has 2 aromatic heterocycles. The predicted octanol–water partition coefficient (Wildman–Crippen LogP) is 1.12. The van der Waals surface area contributed by atoms with Gasteiger partial charge in [-0.15, -0.1) is 0 Å². The number of carbonyl (C=O) groups is 1.